The van der Waals surface area contributed by atoms with E-state index in [4.69, 9.17) is 19.3 Å². The van der Waals surface area contributed by atoms with Crippen LogP contribution in [0.1, 0.15) is 12.5 Å². The molecule has 0 unspecified atom stereocenters. The zero-order valence-electron chi connectivity index (χ0n) is 10.4. The Morgan fingerprint density at radius 2 is 2.17 bits per heavy atom. The molecule has 1 aromatic carbocycles. The van der Waals surface area contributed by atoms with E-state index in [9.17, 15) is 4.79 Å². The van der Waals surface area contributed by atoms with E-state index < -0.39 is 5.97 Å². The van der Waals surface area contributed by atoms with E-state index in [0.29, 0.717) is 18.1 Å². The van der Waals surface area contributed by atoms with E-state index in [1.807, 2.05) is 6.92 Å². The molecule has 0 heterocycles. The van der Waals surface area contributed by atoms with Crippen LogP contribution >= 0.6 is 0 Å². The van der Waals surface area contributed by atoms with Gasteiger partial charge in [0.25, 0.3) is 0 Å². The molecule has 5 heteroatoms. The van der Waals surface area contributed by atoms with Crippen molar-refractivity contribution in [2.75, 3.05) is 20.5 Å². The Hall–Kier alpha value is -2.01. The van der Waals surface area contributed by atoms with Crippen molar-refractivity contribution in [3.63, 3.8) is 0 Å². The van der Waals surface area contributed by atoms with Gasteiger partial charge in [0.05, 0.1) is 7.11 Å². The van der Waals surface area contributed by atoms with Crippen molar-refractivity contribution in [1.29, 1.82) is 0 Å². The van der Waals surface area contributed by atoms with Gasteiger partial charge < -0.3 is 19.3 Å². The molecular weight excluding hydrogens is 236 g/mol. The van der Waals surface area contributed by atoms with E-state index >= 15 is 0 Å². The molecule has 0 radical (unpaired) electrons. The Kier molecular flexibility index (Phi) is 5.73. The number of aliphatic carboxylic acids is 1. The first-order chi connectivity index (χ1) is 8.67. The molecule has 18 heavy (non-hydrogen) atoms. The summed E-state index contributed by atoms with van der Waals surface area (Å²) in [6.45, 7) is 2.60. The molecule has 0 saturated heterocycles. The zero-order chi connectivity index (χ0) is 13.4. The standard InChI is InChI=1S/C13H16O5/c1-3-17-9-18-11-6-4-10(5-7-13(14)15)8-12(11)16-2/h4-8H,3,9H2,1-2H3,(H,14,15). The van der Waals surface area contributed by atoms with Crippen LogP contribution in [0.4, 0.5) is 0 Å². The second kappa shape index (κ2) is 7.34. The van der Waals surface area contributed by atoms with Gasteiger partial charge in [0.2, 0.25) is 0 Å². The van der Waals surface area contributed by atoms with E-state index in [1.54, 1.807) is 18.2 Å². The number of rotatable bonds is 7. The van der Waals surface area contributed by atoms with Crippen LogP contribution in [-0.4, -0.2) is 31.6 Å². The molecule has 0 aromatic heterocycles. The molecule has 0 aliphatic carbocycles. The van der Waals surface area contributed by atoms with Crippen molar-refractivity contribution in [2.45, 2.75) is 6.92 Å². The summed E-state index contributed by atoms with van der Waals surface area (Å²) in [4.78, 5) is 10.4. The molecule has 1 rings (SSSR count). The molecule has 1 N–H and O–H groups in total. The van der Waals surface area contributed by atoms with Gasteiger partial charge >= 0.3 is 5.97 Å². The second-order valence-electron chi connectivity index (χ2n) is 3.34. The van der Waals surface area contributed by atoms with Crippen molar-refractivity contribution >= 4 is 12.0 Å². The first-order valence-electron chi connectivity index (χ1n) is 5.47. The minimum Gasteiger partial charge on any atom is -0.493 e. The van der Waals surface area contributed by atoms with Crippen LogP contribution in [0, 0.1) is 0 Å². The third kappa shape index (κ3) is 4.47. The lowest BCUT2D eigenvalue weighted by Crippen LogP contribution is -2.03. The Balaban J connectivity index is 2.79. The minimum atomic E-state index is -0.995. The maximum atomic E-state index is 10.4. The molecule has 0 spiro atoms. The van der Waals surface area contributed by atoms with E-state index in [1.165, 1.54) is 13.2 Å². The van der Waals surface area contributed by atoms with Crippen molar-refractivity contribution in [1.82, 2.24) is 0 Å². The summed E-state index contributed by atoms with van der Waals surface area (Å²) < 4.78 is 15.6. The number of benzene rings is 1. The third-order valence-corrected chi connectivity index (χ3v) is 2.11. The summed E-state index contributed by atoms with van der Waals surface area (Å²) in [5.41, 5.74) is 0.720. The monoisotopic (exact) mass is 252 g/mol. The first kappa shape index (κ1) is 14.1. The van der Waals surface area contributed by atoms with Crippen LogP contribution in [0.25, 0.3) is 6.08 Å². The van der Waals surface area contributed by atoms with Gasteiger partial charge in [-0.05, 0) is 30.7 Å². The normalized spacial score (nSPS) is 10.6. The topological polar surface area (TPSA) is 65.0 Å². The number of hydrogen-bond donors (Lipinski definition) is 1. The van der Waals surface area contributed by atoms with Gasteiger partial charge in [0.15, 0.2) is 18.3 Å². The molecule has 0 fully saturated rings. The highest BCUT2D eigenvalue weighted by molar-refractivity contribution is 5.85. The smallest absolute Gasteiger partial charge is 0.328 e. The van der Waals surface area contributed by atoms with Crippen LogP contribution in [0.15, 0.2) is 24.3 Å². The van der Waals surface area contributed by atoms with Gasteiger partial charge in [-0.25, -0.2) is 4.79 Å². The van der Waals surface area contributed by atoms with Gasteiger partial charge in [0, 0.05) is 12.7 Å². The first-order valence-corrected chi connectivity index (χ1v) is 5.47. The summed E-state index contributed by atoms with van der Waals surface area (Å²) in [6.07, 6.45) is 2.55. The number of methoxy groups -OCH3 is 1. The molecule has 0 saturated carbocycles. The molecule has 0 bridgehead atoms. The Bertz CT molecular complexity index is 425. The number of carboxylic acid groups (broad SMARTS) is 1. The lowest BCUT2D eigenvalue weighted by atomic mass is 10.2. The predicted octanol–water partition coefficient (Wildman–Crippen LogP) is 2.17. The third-order valence-electron chi connectivity index (χ3n) is 2.11. The summed E-state index contributed by atoms with van der Waals surface area (Å²) in [5, 5.41) is 8.54. The quantitative estimate of drug-likeness (QED) is 0.457. The highest BCUT2D eigenvalue weighted by atomic mass is 16.7. The molecule has 5 nitrogen and oxygen atoms in total. The van der Waals surface area contributed by atoms with Gasteiger partial charge in [-0.2, -0.15) is 0 Å². The highest BCUT2D eigenvalue weighted by Gasteiger charge is 2.04. The predicted molar refractivity (Wildman–Crippen MR) is 66.8 cm³/mol. The number of carbonyl (C=O) groups is 1. The fraction of sp³-hybridized carbons (Fsp3) is 0.308. The van der Waals surface area contributed by atoms with Crippen molar-refractivity contribution < 1.29 is 24.1 Å². The van der Waals surface area contributed by atoms with Gasteiger partial charge in [-0.1, -0.05) is 6.07 Å². The Morgan fingerprint density at radius 1 is 1.39 bits per heavy atom. The van der Waals surface area contributed by atoms with E-state index in [0.717, 1.165) is 11.6 Å². The molecular formula is C13H16O5. The summed E-state index contributed by atoms with van der Waals surface area (Å²) in [5.74, 6) is 0.0892. The van der Waals surface area contributed by atoms with E-state index in [-0.39, 0.29) is 6.79 Å². The van der Waals surface area contributed by atoms with Gasteiger partial charge in [-0.3, -0.25) is 0 Å². The molecule has 0 amide bonds. The Morgan fingerprint density at radius 3 is 2.78 bits per heavy atom. The number of carboxylic acids is 1. The van der Waals surface area contributed by atoms with E-state index in [2.05, 4.69) is 0 Å². The summed E-state index contributed by atoms with van der Waals surface area (Å²) in [6, 6.07) is 5.14. The minimum absolute atomic E-state index is 0.150. The van der Waals surface area contributed by atoms with Crippen molar-refractivity contribution in [3.05, 3.63) is 29.8 Å². The largest absolute Gasteiger partial charge is 0.493 e. The van der Waals surface area contributed by atoms with Gasteiger partial charge in [0.1, 0.15) is 0 Å². The van der Waals surface area contributed by atoms with Gasteiger partial charge in [-0.15, -0.1) is 0 Å². The fourth-order valence-corrected chi connectivity index (χ4v) is 1.26. The van der Waals surface area contributed by atoms with Crippen LogP contribution in [0.2, 0.25) is 0 Å². The number of ether oxygens (including phenoxy) is 3. The van der Waals surface area contributed by atoms with Crippen LogP contribution in [-0.2, 0) is 9.53 Å². The Labute approximate surface area is 106 Å². The average Bonchev–Trinajstić information content (AvgIpc) is 2.37. The lowest BCUT2D eigenvalue weighted by molar-refractivity contribution is -0.131. The second-order valence-corrected chi connectivity index (χ2v) is 3.34. The van der Waals surface area contributed by atoms with Crippen LogP contribution in [0.5, 0.6) is 11.5 Å². The SMILES string of the molecule is CCOCOc1ccc(C=CC(=O)O)cc1OC. The summed E-state index contributed by atoms with van der Waals surface area (Å²) >= 11 is 0. The molecule has 0 atom stereocenters. The maximum absolute atomic E-state index is 10.4. The molecule has 0 aliphatic rings. The fourth-order valence-electron chi connectivity index (χ4n) is 1.26. The lowest BCUT2D eigenvalue weighted by Gasteiger charge is -2.10. The summed E-state index contributed by atoms with van der Waals surface area (Å²) in [7, 11) is 1.52. The molecule has 98 valence electrons. The highest BCUT2D eigenvalue weighted by Crippen LogP contribution is 2.28. The number of hydrogen-bond acceptors (Lipinski definition) is 4. The maximum Gasteiger partial charge on any atom is 0.328 e. The van der Waals surface area contributed by atoms with Crippen molar-refractivity contribution in [3.8, 4) is 11.5 Å². The average molecular weight is 252 g/mol. The molecule has 1 aromatic rings. The van der Waals surface area contributed by atoms with Crippen LogP contribution < -0.4 is 9.47 Å². The van der Waals surface area contributed by atoms with Crippen molar-refractivity contribution in [2.24, 2.45) is 0 Å². The molecule has 0 aliphatic heterocycles. The zero-order valence-corrected chi connectivity index (χ0v) is 10.4. The van der Waals surface area contributed by atoms with Crippen LogP contribution in [0.3, 0.4) is 0 Å².